The molecular weight excluding hydrogens is 599 g/mol. The van der Waals surface area contributed by atoms with Gasteiger partial charge in [-0.15, -0.1) is 0 Å². The number of aliphatic imine (C=N–C) groups is 1. The van der Waals surface area contributed by atoms with Gasteiger partial charge in [0.1, 0.15) is 11.9 Å². The van der Waals surface area contributed by atoms with Crippen LogP contribution in [0, 0.1) is 0 Å². The summed E-state index contributed by atoms with van der Waals surface area (Å²) in [5, 5.41) is 8.92. The van der Waals surface area contributed by atoms with Gasteiger partial charge in [-0.3, -0.25) is 0 Å². The topological polar surface area (TPSA) is 47.7 Å². The highest BCUT2D eigenvalue weighted by molar-refractivity contribution is 6.11. The van der Waals surface area contributed by atoms with Gasteiger partial charge in [0.05, 0.1) is 0 Å². The van der Waals surface area contributed by atoms with E-state index in [1.165, 1.54) is 33.4 Å². The minimum absolute atomic E-state index is 0.0671. The van der Waals surface area contributed by atoms with Crippen molar-refractivity contribution in [1.29, 1.82) is 0 Å². The molecule has 5 unspecified atom stereocenters. The van der Waals surface area contributed by atoms with E-state index >= 15 is 0 Å². The van der Waals surface area contributed by atoms with Crippen LogP contribution in [0.3, 0.4) is 0 Å². The van der Waals surface area contributed by atoms with Crippen molar-refractivity contribution in [2.45, 2.75) is 49.3 Å². The minimum Gasteiger partial charge on any atom is -0.485 e. The van der Waals surface area contributed by atoms with Gasteiger partial charge in [0.2, 0.25) is 0 Å². The van der Waals surface area contributed by atoms with Crippen molar-refractivity contribution in [3.05, 3.63) is 197 Å². The summed E-state index contributed by atoms with van der Waals surface area (Å²) in [5.74, 6) is 2.34. The number of para-hydroxylation sites is 1. The molecule has 0 fully saturated rings. The Hall–Kier alpha value is -5.61. The van der Waals surface area contributed by atoms with Gasteiger partial charge in [-0.05, 0) is 88.3 Å². The molecule has 2 aliphatic carbocycles. The van der Waals surface area contributed by atoms with Crippen LogP contribution in [-0.4, -0.2) is 18.0 Å². The van der Waals surface area contributed by atoms with Crippen LogP contribution >= 0.6 is 0 Å². The zero-order chi connectivity index (χ0) is 32.6. The van der Waals surface area contributed by atoms with Crippen LogP contribution < -0.4 is 10.1 Å². The van der Waals surface area contributed by atoms with Gasteiger partial charge in [-0.25, -0.2) is 0 Å². The minimum atomic E-state index is -0.138. The van der Waals surface area contributed by atoms with E-state index in [-0.39, 0.29) is 24.1 Å². The summed E-state index contributed by atoms with van der Waals surface area (Å²) in [5.41, 5.74) is 10.6. The molecular formula is C45H38N3O-. The van der Waals surface area contributed by atoms with E-state index in [2.05, 4.69) is 157 Å². The van der Waals surface area contributed by atoms with Gasteiger partial charge in [0.25, 0.3) is 0 Å². The number of hydrogen-bond acceptors (Lipinski definition) is 3. The lowest BCUT2D eigenvalue weighted by atomic mass is 9.86. The Balaban J connectivity index is 1.06. The van der Waals surface area contributed by atoms with Crippen LogP contribution in [0.25, 0.3) is 22.0 Å². The third-order valence-electron chi connectivity index (χ3n) is 10.3. The molecule has 1 N–H and O–H groups in total. The van der Waals surface area contributed by atoms with Crippen LogP contribution in [0.15, 0.2) is 169 Å². The molecule has 9 rings (SSSR count). The molecule has 4 heteroatoms. The molecule has 49 heavy (non-hydrogen) atoms. The van der Waals surface area contributed by atoms with Crippen molar-refractivity contribution >= 4 is 11.4 Å². The molecule has 5 aliphatic rings. The quantitative estimate of drug-likeness (QED) is 0.229. The second kappa shape index (κ2) is 12.8. The zero-order valence-corrected chi connectivity index (χ0v) is 27.3. The highest BCUT2D eigenvalue weighted by Crippen LogP contribution is 2.44. The average molecular weight is 637 g/mol. The molecule has 4 nitrogen and oxygen atoms in total. The second-order valence-electron chi connectivity index (χ2n) is 13.4. The fourth-order valence-corrected chi connectivity index (χ4v) is 7.61. The zero-order valence-electron chi connectivity index (χ0n) is 27.3. The predicted octanol–water partition coefficient (Wildman–Crippen LogP) is 10.5. The maximum atomic E-state index is 6.20. The van der Waals surface area contributed by atoms with Gasteiger partial charge in [0.15, 0.2) is 0 Å². The molecule has 5 atom stereocenters. The van der Waals surface area contributed by atoms with Gasteiger partial charge in [-0.2, -0.15) is 0 Å². The summed E-state index contributed by atoms with van der Waals surface area (Å²) < 4.78 is 6.20. The molecule has 3 aliphatic heterocycles. The van der Waals surface area contributed by atoms with E-state index < -0.39 is 0 Å². The number of amidine groups is 1. The smallest absolute Gasteiger partial charge is 0.128 e. The molecule has 0 spiro atoms. The fraction of sp³-hybridized carbons (Fsp3) is 0.178. The van der Waals surface area contributed by atoms with Crippen molar-refractivity contribution in [3.8, 4) is 16.9 Å². The molecule has 3 heterocycles. The summed E-state index contributed by atoms with van der Waals surface area (Å²) in [6.07, 6.45) is 25.2. The Kier molecular flexibility index (Phi) is 7.70. The summed E-state index contributed by atoms with van der Waals surface area (Å²) in [7, 11) is 0. The lowest BCUT2D eigenvalue weighted by Crippen LogP contribution is -2.30. The number of fused-ring (bicyclic) bond motifs is 3. The van der Waals surface area contributed by atoms with E-state index in [4.69, 9.17) is 15.0 Å². The number of benzene rings is 4. The van der Waals surface area contributed by atoms with Crippen LogP contribution in [0.5, 0.6) is 5.75 Å². The first-order valence-corrected chi connectivity index (χ1v) is 17.5. The third kappa shape index (κ3) is 5.89. The highest BCUT2D eigenvalue weighted by atomic mass is 16.5. The first-order valence-electron chi connectivity index (χ1n) is 17.5. The van der Waals surface area contributed by atoms with Crippen molar-refractivity contribution in [2.24, 2.45) is 4.99 Å². The van der Waals surface area contributed by atoms with Gasteiger partial charge in [0, 0.05) is 29.5 Å². The summed E-state index contributed by atoms with van der Waals surface area (Å²) in [6.45, 7) is 0. The van der Waals surface area contributed by atoms with Gasteiger partial charge < -0.3 is 20.4 Å². The summed E-state index contributed by atoms with van der Waals surface area (Å²) >= 11 is 0. The molecule has 240 valence electrons. The SMILES string of the molecule is C1=CCC(c2cc(C3=NC(C4CCC=CN4)=CC(c4ccc(C5=CC6c7ccccc7OC6C=C5)cc4)[N-]3)cc(-c3ccccc3)c2)C=C1. The Morgan fingerprint density at radius 2 is 1.59 bits per heavy atom. The number of nitrogens with one attached hydrogen (secondary N) is 1. The molecule has 4 aromatic rings. The van der Waals surface area contributed by atoms with Crippen molar-refractivity contribution < 1.29 is 4.74 Å². The van der Waals surface area contributed by atoms with Crippen LogP contribution in [0.2, 0.25) is 0 Å². The molecule has 0 saturated carbocycles. The Labute approximate surface area is 288 Å². The molecule has 0 bridgehead atoms. The lowest BCUT2D eigenvalue weighted by Gasteiger charge is -2.37. The average Bonchev–Trinajstić information content (AvgIpc) is 3.57. The number of allylic oxidation sites excluding steroid dienone is 7. The maximum absolute atomic E-state index is 6.20. The van der Waals surface area contributed by atoms with E-state index in [1.54, 1.807) is 0 Å². The summed E-state index contributed by atoms with van der Waals surface area (Å²) in [6, 6.07) is 34.9. The number of hydrogen-bond donors (Lipinski definition) is 1. The van der Waals surface area contributed by atoms with E-state index in [0.29, 0.717) is 5.92 Å². The molecule has 0 amide bonds. The Morgan fingerprint density at radius 1 is 0.735 bits per heavy atom. The maximum Gasteiger partial charge on any atom is 0.128 e. The molecule has 0 saturated heterocycles. The number of ether oxygens (including phenoxy) is 1. The Morgan fingerprint density at radius 3 is 2.43 bits per heavy atom. The Bertz CT molecular complexity index is 2100. The van der Waals surface area contributed by atoms with Crippen molar-refractivity contribution in [1.82, 2.24) is 5.32 Å². The summed E-state index contributed by atoms with van der Waals surface area (Å²) in [4.78, 5) is 5.27. The normalized spacial score (nSPS) is 24.8. The molecule has 4 aromatic carbocycles. The number of rotatable bonds is 6. The molecule has 0 aromatic heterocycles. The standard InChI is InChI=1S/C45H38N3O/c1-3-11-30(12-4-1)35-25-36(31-13-5-2-6-14-31)27-37(26-35)45-47-41(29-42(48-45)40-16-9-10-24-46-40)33-20-18-32(19-21-33)34-22-23-44-39(28-34)38-15-7-8-17-43(38)49-44/h1-8,10-13,15,17-29,31,39-41,44,46H,9,14,16H2/q-1. The number of nitrogens with zero attached hydrogens (tertiary/aromatic N) is 2. The lowest BCUT2D eigenvalue weighted by molar-refractivity contribution is 0.269. The van der Waals surface area contributed by atoms with Crippen LogP contribution in [0.1, 0.15) is 65.0 Å². The van der Waals surface area contributed by atoms with Gasteiger partial charge in [-0.1, -0.05) is 139 Å². The second-order valence-corrected chi connectivity index (χ2v) is 13.4. The largest absolute Gasteiger partial charge is 0.485 e. The van der Waals surface area contributed by atoms with Gasteiger partial charge >= 0.3 is 0 Å². The predicted molar refractivity (Wildman–Crippen MR) is 201 cm³/mol. The first kappa shape index (κ1) is 29.5. The van der Waals surface area contributed by atoms with Crippen molar-refractivity contribution in [3.63, 3.8) is 0 Å². The fourth-order valence-electron chi connectivity index (χ4n) is 7.61. The molecule has 0 radical (unpaired) electrons. The monoisotopic (exact) mass is 636 g/mol. The van der Waals surface area contributed by atoms with Crippen LogP contribution in [0.4, 0.5) is 0 Å². The first-order chi connectivity index (χ1) is 24.2. The third-order valence-corrected chi connectivity index (χ3v) is 10.3. The highest BCUT2D eigenvalue weighted by Gasteiger charge is 2.33. The van der Waals surface area contributed by atoms with E-state index in [9.17, 15) is 0 Å². The van der Waals surface area contributed by atoms with Crippen molar-refractivity contribution in [2.75, 3.05) is 0 Å². The van der Waals surface area contributed by atoms with E-state index in [1.807, 2.05) is 6.07 Å². The van der Waals surface area contributed by atoms with Crippen LogP contribution in [-0.2, 0) is 0 Å². The van der Waals surface area contributed by atoms with E-state index in [0.717, 1.165) is 47.7 Å².